The zero-order chi connectivity index (χ0) is 18.4. The molecule has 0 aliphatic heterocycles. The summed E-state index contributed by atoms with van der Waals surface area (Å²) in [7, 11) is -3.22. The first-order valence-electron chi connectivity index (χ1n) is 9.04. The van der Waals surface area contributed by atoms with E-state index in [4.69, 9.17) is 4.74 Å². The lowest BCUT2D eigenvalue weighted by Crippen LogP contribution is -2.35. The fourth-order valence-corrected chi connectivity index (χ4v) is 4.51. The van der Waals surface area contributed by atoms with Crippen molar-refractivity contribution >= 4 is 15.6 Å². The standard InChI is InChI=1S/C21H25NO3S/c1-2-15-26(23,24)22-21-10-6-9-20(21)18-11-13-19(14-12-18)25-16-17-7-4-3-5-8-17/h3-5,7-9,11-14,21-22H,2,6,10,15-16H2,1H3. The molecule has 1 unspecified atom stereocenters. The van der Waals surface area contributed by atoms with E-state index in [0.717, 1.165) is 35.3 Å². The summed E-state index contributed by atoms with van der Waals surface area (Å²) in [5, 5.41) is 0. The smallest absolute Gasteiger partial charge is 0.212 e. The normalized spacial score (nSPS) is 17.1. The molecule has 1 aliphatic carbocycles. The Labute approximate surface area is 156 Å². The molecule has 5 heteroatoms. The number of rotatable bonds is 8. The van der Waals surface area contributed by atoms with Crippen molar-refractivity contribution in [1.82, 2.24) is 4.72 Å². The first-order valence-corrected chi connectivity index (χ1v) is 10.7. The average Bonchev–Trinajstić information content (AvgIpc) is 3.08. The number of ether oxygens (including phenoxy) is 1. The van der Waals surface area contributed by atoms with Crippen molar-refractivity contribution in [2.75, 3.05) is 5.75 Å². The second kappa shape index (κ2) is 8.52. The fourth-order valence-electron chi connectivity index (χ4n) is 3.17. The van der Waals surface area contributed by atoms with Crippen LogP contribution in [0.15, 0.2) is 60.7 Å². The van der Waals surface area contributed by atoms with Gasteiger partial charge in [0.2, 0.25) is 10.0 Å². The van der Waals surface area contributed by atoms with Crippen molar-refractivity contribution in [3.8, 4) is 5.75 Å². The van der Waals surface area contributed by atoms with Crippen LogP contribution < -0.4 is 9.46 Å². The van der Waals surface area contributed by atoms with Gasteiger partial charge in [-0.2, -0.15) is 0 Å². The lowest BCUT2D eigenvalue weighted by atomic mass is 10.0. The highest BCUT2D eigenvalue weighted by atomic mass is 32.2. The lowest BCUT2D eigenvalue weighted by Gasteiger charge is -2.17. The summed E-state index contributed by atoms with van der Waals surface area (Å²) in [6.07, 6.45) is 4.44. The predicted molar refractivity (Wildman–Crippen MR) is 105 cm³/mol. The van der Waals surface area contributed by atoms with E-state index >= 15 is 0 Å². The van der Waals surface area contributed by atoms with Crippen LogP contribution in [0.1, 0.15) is 37.3 Å². The molecule has 0 fully saturated rings. The molecule has 1 N–H and O–H groups in total. The van der Waals surface area contributed by atoms with E-state index in [2.05, 4.69) is 10.8 Å². The first-order chi connectivity index (χ1) is 12.6. The van der Waals surface area contributed by atoms with Gasteiger partial charge >= 0.3 is 0 Å². The van der Waals surface area contributed by atoms with Gasteiger partial charge in [0, 0.05) is 6.04 Å². The topological polar surface area (TPSA) is 55.4 Å². The van der Waals surface area contributed by atoms with Crippen LogP contribution in [0, 0.1) is 0 Å². The van der Waals surface area contributed by atoms with Crippen LogP contribution in [0.4, 0.5) is 0 Å². The Morgan fingerprint density at radius 3 is 2.50 bits per heavy atom. The molecule has 1 atom stereocenters. The van der Waals surface area contributed by atoms with Gasteiger partial charge < -0.3 is 4.74 Å². The maximum atomic E-state index is 12.1. The van der Waals surface area contributed by atoms with Crippen molar-refractivity contribution in [2.24, 2.45) is 0 Å². The molecular formula is C21H25NO3S. The SMILES string of the molecule is CCCS(=O)(=O)NC1CCC=C1c1ccc(OCc2ccccc2)cc1. The molecule has 0 heterocycles. The Hall–Kier alpha value is -2.11. The van der Waals surface area contributed by atoms with E-state index < -0.39 is 10.0 Å². The molecule has 0 bridgehead atoms. The van der Waals surface area contributed by atoms with Crippen LogP contribution >= 0.6 is 0 Å². The maximum absolute atomic E-state index is 12.1. The van der Waals surface area contributed by atoms with Gasteiger partial charge in [0.05, 0.1) is 5.75 Å². The average molecular weight is 372 g/mol. The monoisotopic (exact) mass is 371 g/mol. The number of benzene rings is 2. The third kappa shape index (κ3) is 4.96. The van der Waals surface area contributed by atoms with E-state index in [0.29, 0.717) is 13.0 Å². The lowest BCUT2D eigenvalue weighted by molar-refractivity contribution is 0.306. The van der Waals surface area contributed by atoms with Crippen LogP contribution in [-0.4, -0.2) is 20.2 Å². The summed E-state index contributed by atoms with van der Waals surface area (Å²) in [6, 6.07) is 17.8. The summed E-state index contributed by atoms with van der Waals surface area (Å²) in [5.41, 5.74) is 3.22. The molecule has 0 amide bonds. The summed E-state index contributed by atoms with van der Waals surface area (Å²) < 4.78 is 32.8. The highest BCUT2D eigenvalue weighted by Gasteiger charge is 2.24. The molecule has 0 spiro atoms. The Bertz CT molecular complexity index is 843. The minimum absolute atomic E-state index is 0.136. The van der Waals surface area contributed by atoms with E-state index in [1.54, 1.807) is 0 Å². The fraction of sp³-hybridized carbons (Fsp3) is 0.333. The molecule has 3 rings (SSSR count). The van der Waals surface area contributed by atoms with Gasteiger partial charge in [0.1, 0.15) is 12.4 Å². The Balaban J connectivity index is 1.64. The van der Waals surface area contributed by atoms with Crippen LogP contribution in [0.5, 0.6) is 5.75 Å². The van der Waals surface area contributed by atoms with Gasteiger partial charge in [-0.25, -0.2) is 13.1 Å². The molecule has 0 radical (unpaired) electrons. The second-order valence-electron chi connectivity index (χ2n) is 6.52. The molecule has 138 valence electrons. The first kappa shape index (κ1) is 18.7. The van der Waals surface area contributed by atoms with E-state index in [1.807, 2.05) is 61.5 Å². The van der Waals surface area contributed by atoms with Crippen LogP contribution in [0.2, 0.25) is 0 Å². The zero-order valence-corrected chi connectivity index (χ0v) is 15.8. The predicted octanol–water partition coefficient (Wildman–Crippen LogP) is 4.14. The van der Waals surface area contributed by atoms with E-state index in [-0.39, 0.29) is 11.8 Å². The highest BCUT2D eigenvalue weighted by molar-refractivity contribution is 7.89. The molecule has 1 aliphatic rings. The molecule has 0 aromatic heterocycles. The Kier molecular flexibility index (Phi) is 6.12. The molecule has 0 saturated heterocycles. The molecule has 26 heavy (non-hydrogen) atoms. The zero-order valence-electron chi connectivity index (χ0n) is 15.0. The van der Waals surface area contributed by atoms with Crippen LogP contribution in [-0.2, 0) is 16.6 Å². The molecule has 2 aromatic carbocycles. The Morgan fingerprint density at radius 1 is 1.08 bits per heavy atom. The van der Waals surface area contributed by atoms with Crippen molar-refractivity contribution in [1.29, 1.82) is 0 Å². The van der Waals surface area contributed by atoms with Gasteiger partial charge in [0.15, 0.2) is 0 Å². The van der Waals surface area contributed by atoms with Crippen molar-refractivity contribution in [3.05, 3.63) is 71.8 Å². The number of nitrogens with one attached hydrogen (secondary N) is 1. The van der Waals surface area contributed by atoms with Gasteiger partial charge in [-0.1, -0.05) is 55.5 Å². The summed E-state index contributed by atoms with van der Waals surface area (Å²) in [5.74, 6) is 0.975. The van der Waals surface area contributed by atoms with Crippen molar-refractivity contribution in [3.63, 3.8) is 0 Å². The van der Waals surface area contributed by atoms with Crippen LogP contribution in [0.25, 0.3) is 5.57 Å². The van der Waals surface area contributed by atoms with Gasteiger partial charge in [-0.15, -0.1) is 0 Å². The maximum Gasteiger partial charge on any atom is 0.212 e. The van der Waals surface area contributed by atoms with Crippen molar-refractivity contribution in [2.45, 2.75) is 38.8 Å². The minimum Gasteiger partial charge on any atom is -0.489 e. The highest BCUT2D eigenvalue weighted by Crippen LogP contribution is 2.30. The Morgan fingerprint density at radius 2 is 1.81 bits per heavy atom. The molecule has 0 saturated carbocycles. The van der Waals surface area contributed by atoms with Gasteiger partial charge in [-0.3, -0.25) is 0 Å². The largest absolute Gasteiger partial charge is 0.489 e. The quantitative estimate of drug-likeness (QED) is 0.759. The van der Waals surface area contributed by atoms with Crippen molar-refractivity contribution < 1.29 is 13.2 Å². The van der Waals surface area contributed by atoms with Crippen LogP contribution in [0.3, 0.4) is 0 Å². The summed E-state index contributed by atoms with van der Waals surface area (Å²) >= 11 is 0. The number of allylic oxidation sites excluding steroid dienone is 1. The molecule has 4 nitrogen and oxygen atoms in total. The van der Waals surface area contributed by atoms with Gasteiger partial charge in [-0.05, 0) is 48.1 Å². The molecular weight excluding hydrogens is 346 g/mol. The minimum atomic E-state index is -3.22. The van der Waals surface area contributed by atoms with Gasteiger partial charge in [0.25, 0.3) is 0 Å². The number of hydrogen-bond donors (Lipinski definition) is 1. The third-order valence-corrected chi connectivity index (χ3v) is 6.01. The summed E-state index contributed by atoms with van der Waals surface area (Å²) in [4.78, 5) is 0. The van der Waals surface area contributed by atoms with E-state index in [1.165, 1.54) is 0 Å². The third-order valence-electron chi connectivity index (χ3n) is 4.43. The van der Waals surface area contributed by atoms with E-state index in [9.17, 15) is 8.42 Å². The number of sulfonamides is 1. The molecule has 2 aromatic rings. The number of hydrogen-bond acceptors (Lipinski definition) is 3. The summed E-state index contributed by atoms with van der Waals surface area (Å²) in [6.45, 7) is 2.40. The second-order valence-corrected chi connectivity index (χ2v) is 8.40.